The Hall–Kier alpha value is -1.49. The number of halogens is 2. The van der Waals surface area contributed by atoms with Crippen molar-refractivity contribution in [3.63, 3.8) is 0 Å². The van der Waals surface area contributed by atoms with E-state index in [-0.39, 0.29) is 24.7 Å². The molecule has 1 atom stereocenters. The fourth-order valence-electron chi connectivity index (χ4n) is 4.42. The molecule has 2 heterocycles. The zero-order valence-electron chi connectivity index (χ0n) is 13.2. The summed E-state index contributed by atoms with van der Waals surface area (Å²) in [6, 6.07) is 7.99. The number of alkyl halides is 2. The van der Waals surface area contributed by atoms with Gasteiger partial charge in [-0.05, 0) is 43.4 Å². The number of para-hydroxylation sites is 1. The van der Waals surface area contributed by atoms with Crippen molar-refractivity contribution in [2.45, 2.75) is 43.4 Å². The number of nitrogens with one attached hydrogen (secondary N) is 1. The molecule has 124 valence electrons. The first-order valence-corrected chi connectivity index (χ1v) is 8.52. The van der Waals surface area contributed by atoms with Gasteiger partial charge in [-0.25, -0.2) is 8.78 Å². The molecule has 2 aliphatic heterocycles. The van der Waals surface area contributed by atoms with Crippen LogP contribution in [-0.4, -0.2) is 31.5 Å². The number of benzene rings is 1. The van der Waals surface area contributed by atoms with Gasteiger partial charge in [0.25, 0.3) is 0 Å². The summed E-state index contributed by atoms with van der Waals surface area (Å²) in [6.45, 7) is 2.11. The highest BCUT2D eigenvalue weighted by Gasteiger charge is 2.52. The molecule has 0 bridgehead atoms. The molecule has 1 aromatic carbocycles. The van der Waals surface area contributed by atoms with E-state index in [2.05, 4.69) is 11.4 Å². The van der Waals surface area contributed by atoms with Crippen LogP contribution in [0.5, 0.6) is 0 Å². The lowest BCUT2D eigenvalue weighted by Gasteiger charge is -2.32. The SMILES string of the molecule is O=C1N(CC2CCC(F)(F)CC2)c2ccccc2C12CCNC2. The van der Waals surface area contributed by atoms with Gasteiger partial charge in [0, 0.05) is 31.6 Å². The van der Waals surface area contributed by atoms with Crippen LogP contribution in [0.2, 0.25) is 0 Å². The second kappa shape index (κ2) is 5.26. The largest absolute Gasteiger partial charge is 0.315 e. The van der Waals surface area contributed by atoms with E-state index < -0.39 is 11.3 Å². The van der Waals surface area contributed by atoms with E-state index in [0.717, 1.165) is 24.2 Å². The zero-order chi connectivity index (χ0) is 16.1. The lowest BCUT2D eigenvalue weighted by Crippen LogP contribution is -2.44. The Balaban J connectivity index is 1.59. The van der Waals surface area contributed by atoms with E-state index in [1.807, 2.05) is 23.1 Å². The number of hydrogen-bond acceptors (Lipinski definition) is 2. The number of hydrogen-bond donors (Lipinski definition) is 1. The number of nitrogens with zero attached hydrogens (tertiary/aromatic N) is 1. The van der Waals surface area contributed by atoms with Crippen LogP contribution in [0, 0.1) is 5.92 Å². The van der Waals surface area contributed by atoms with Crippen LogP contribution < -0.4 is 10.2 Å². The van der Waals surface area contributed by atoms with Gasteiger partial charge in [-0.3, -0.25) is 4.79 Å². The lowest BCUT2D eigenvalue weighted by atomic mass is 9.81. The molecule has 3 nitrogen and oxygen atoms in total. The molecule has 5 heteroatoms. The minimum atomic E-state index is -2.51. The Labute approximate surface area is 135 Å². The molecule has 4 rings (SSSR count). The number of amides is 1. The fourth-order valence-corrected chi connectivity index (χ4v) is 4.42. The van der Waals surface area contributed by atoms with Gasteiger partial charge < -0.3 is 10.2 Å². The molecule has 1 unspecified atom stereocenters. The zero-order valence-corrected chi connectivity index (χ0v) is 13.2. The molecule has 1 saturated carbocycles. The summed E-state index contributed by atoms with van der Waals surface area (Å²) in [5.74, 6) is -2.18. The molecule has 23 heavy (non-hydrogen) atoms. The first-order chi connectivity index (χ1) is 11.0. The van der Waals surface area contributed by atoms with E-state index >= 15 is 0 Å². The summed E-state index contributed by atoms with van der Waals surface area (Å²) in [7, 11) is 0. The van der Waals surface area contributed by atoms with E-state index in [9.17, 15) is 13.6 Å². The molecule has 1 amide bonds. The molecule has 0 aromatic heterocycles. The third kappa shape index (κ3) is 2.36. The standard InChI is InChI=1S/C18H22F2N2O/c19-18(20)7-5-13(6-8-18)11-22-15-4-2-1-3-14(15)17(16(22)23)9-10-21-12-17/h1-4,13,21H,5-12H2. The normalized spacial score (nSPS) is 30.2. The van der Waals surface area contributed by atoms with E-state index in [4.69, 9.17) is 0 Å². The van der Waals surface area contributed by atoms with Crippen molar-refractivity contribution in [1.29, 1.82) is 0 Å². The van der Waals surface area contributed by atoms with Crippen molar-refractivity contribution in [1.82, 2.24) is 5.32 Å². The Morgan fingerprint density at radius 3 is 2.61 bits per heavy atom. The first-order valence-electron chi connectivity index (χ1n) is 8.52. The summed E-state index contributed by atoms with van der Waals surface area (Å²) >= 11 is 0. The molecule has 2 fully saturated rings. The van der Waals surface area contributed by atoms with Crippen LogP contribution in [0.1, 0.15) is 37.7 Å². The van der Waals surface area contributed by atoms with E-state index in [0.29, 0.717) is 25.9 Å². The van der Waals surface area contributed by atoms with Crippen molar-refractivity contribution < 1.29 is 13.6 Å². The number of anilines is 1. The average Bonchev–Trinajstić information content (AvgIpc) is 3.11. The number of carbonyl (C=O) groups excluding carboxylic acids is 1. The quantitative estimate of drug-likeness (QED) is 0.908. The predicted molar refractivity (Wildman–Crippen MR) is 84.9 cm³/mol. The molecule has 1 saturated heterocycles. The van der Waals surface area contributed by atoms with Gasteiger partial charge >= 0.3 is 0 Å². The summed E-state index contributed by atoms with van der Waals surface area (Å²) in [5, 5.41) is 3.31. The van der Waals surface area contributed by atoms with Gasteiger partial charge in [0.15, 0.2) is 0 Å². The van der Waals surface area contributed by atoms with Crippen LogP contribution in [0.3, 0.4) is 0 Å². The summed E-state index contributed by atoms with van der Waals surface area (Å²) < 4.78 is 26.7. The molecular formula is C18H22F2N2O. The summed E-state index contributed by atoms with van der Waals surface area (Å²) in [6.07, 6.45) is 1.73. The molecule has 1 aromatic rings. The highest BCUT2D eigenvalue weighted by Crippen LogP contribution is 2.46. The summed E-state index contributed by atoms with van der Waals surface area (Å²) in [5.41, 5.74) is 1.66. The predicted octanol–water partition coefficient (Wildman–Crippen LogP) is 3.09. The molecule has 1 N–H and O–H groups in total. The van der Waals surface area contributed by atoms with Gasteiger partial charge in [0.2, 0.25) is 11.8 Å². The van der Waals surface area contributed by atoms with E-state index in [1.54, 1.807) is 0 Å². The van der Waals surface area contributed by atoms with Gasteiger partial charge in [-0.1, -0.05) is 18.2 Å². The second-order valence-corrected chi connectivity index (χ2v) is 7.24. The second-order valence-electron chi connectivity index (χ2n) is 7.24. The van der Waals surface area contributed by atoms with E-state index in [1.165, 1.54) is 0 Å². The molecule has 0 radical (unpaired) electrons. The monoisotopic (exact) mass is 320 g/mol. The maximum Gasteiger partial charge on any atom is 0.248 e. The Kier molecular flexibility index (Phi) is 3.45. The molecule has 1 aliphatic carbocycles. The maximum atomic E-state index is 13.4. The first kappa shape index (κ1) is 15.1. The Morgan fingerprint density at radius 2 is 1.91 bits per heavy atom. The van der Waals surface area contributed by atoms with Gasteiger partial charge in [0.05, 0.1) is 5.41 Å². The van der Waals surface area contributed by atoms with Crippen molar-refractivity contribution in [3.05, 3.63) is 29.8 Å². The third-order valence-corrected chi connectivity index (χ3v) is 5.80. The number of fused-ring (bicyclic) bond motifs is 2. The van der Waals surface area contributed by atoms with Gasteiger partial charge in [0.1, 0.15) is 0 Å². The molecular weight excluding hydrogens is 298 g/mol. The average molecular weight is 320 g/mol. The third-order valence-electron chi connectivity index (χ3n) is 5.80. The minimum absolute atomic E-state index is 0.0476. The van der Waals surface area contributed by atoms with Crippen molar-refractivity contribution in [2.75, 3.05) is 24.5 Å². The van der Waals surface area contributed by atoms with Crippen LogP contribution >= 0.6 is 0 Å². The Bertz CT molecular complexity index is 615. The maximum absolute atomic E-state index is 13.4. The minimum Gasteiger partial charge on any atom is -0.315 e. The number of rotatable bonds is 2. The molecule has 3 aliphatic rings. The van der Waals surface area contributed by atoms with Crippen LogP contribution in [0.4, 0.5) is 14.5 Å². The van der Waals surface area contributed by atoms with Crippen molar-refractivity contribution in [3.8, 4) is 0 Å². The van der Waals surface area contributed by atoms with Crippen LogP contribution in [0.25, 0.3) is 0 Å². The highest BCUT2D eigenvalue weighted by atomic mass is 19.3. The lowest BCUT2D eigenvalue weighted by molar-refractivity contribution is -0.122. The number of carbonyl (C=O) groups is 1. The Morgan fingerprint density at radius 1 is 1.17 bits per heavy atom. The van der Waals surface area contributed by atoms with Crippen LogP contribution in [0.15, 0.2) is 24.3 Å². The highest BCUT2D eigenvalue weighted by molar-refractivity contribution is 6.08. The fraction of sp³-hybridized carbons (Fsp3) is 0.611. The smallest absolute Gasteiger partial charge is 0.248 e. The van der Waals surface area contributed by atoms with Gasteiger partial charge in [-0.2, -0.15) is 0 Å². The summed E-state index contributed by atoms with van der Waals surface area (Å²) in [4.78, 5) is 15.0. The van der Waals surface area contributed by atoms with Crippen molar-refractivity contribution >= 4 is 11.6 Å². The van der Waals surface area contributed by atoms with Crippen molar-refractivity contribution in [2.24, 2.45) is 5.92 Å². The topological polar surface area (TPSA) is 32.3 Å². The molecule has 1 spiro atoms. The van der Waals surface area contributed by atoms with Gasteiger partial charge in [-0.15, -0.1) is 0 Å². The van der Waals surface area contributed by atoms with Crippen LogP contribution in [-0.2, 0) is 10.2 Å².